The average Bonchev–Trinajstić information content (AvgIpc) is 3.34. The molecule has 3 aromatic carbocycles. The molecule has 1 aliphatic carbocycles. The van der Waals surface area contributed by atoms with Gasteiger partial charge in [-0.1, -0.05) is 30.3 Å². The number of para-hydroxylation sites is 1. The van der Waals surface area contributed by atoms with Crippen LogP contribution in [-0.4, -0.2) is 41.1 Å². The van der Waals surface area contributed by atoms with Crippen molar-refractivity contribution < 1.29 is 19.4 Å². The number of carbonyl (C=O) groups is 2. The number of allylic oxidation sites excluding steroid dienone is 1. The van der Waals surface area contributed by atoms with Gasteiger partial charge in [-0.3, -0.25) is 4.79 Å². The SMILES string of the molecule is Cc1ccccc1NC(Nc1ccc(CC(=O)N2CCC(Oc3ccc(C(=O)O)cc3)C2)cc1)=C1CCC1. The van der Waals surface area contributed by atoms with Crippen molar-refractivity contribution in [1.29, 1.82) is 0 Å². The number of rotatable bonds is 9. The number of nitrogens with zero attached hydrogens (tertiary/aromatic N) is 1. The van der Waals surface area contributed by atoms with Gasteiger partial charge < -0.3 is 25.4 Å². The first kappa shape index (κ1) is 25.4. The molecule has 3 N–H and O–H groups in total. The maximum Gasteiger partial charge on any atom is 0.335 e. The molecular weight excluding hydrogens is 478 g/mol. The first-order valence-corrected chi connectivity index (χ1v) is 13.1. The van der Waals surface area contributed by atoms with Crippen LogP contribution in [0.15, 0.2) is 84.2 Å². The Labute approximate surface area is 223 Å². The van der Waals surface area contributed by atoms with Crippen molar-refractivity contribution in [1.82, 2.24) is 4.90 Å². The van der Waals surface area contributed by atoms with Crippen LogP contribution in [0.25, 0.3) is 0 Å². The van der Waals surface area contributed by atoms with Gasteiger partial charge in [-0.2, -0.15) is 0 Å². The highest BCUT2D eigenvalue weighted by atomic mass is 16.5. The summed E-state index contributed by atoms with van der Waals surface area (Å²) >= 11 is 0. The maximum absolute atomic E-state index is 12.9. The molecule has 0 spiro atoms. The van der Waals surface area contributed by atoms with Gasteiger partial charge in [0.15, 0.2) is 0 Å². The second-order valence-electron chi connectivity index (χ2n) is 9.97. The normalized spacial score (nSPS) is 16.5. The van der Waals surface area contributed by atoms with Crippen LogP contribution in [0.1, 0.15) is 47.2 Å². The Morgan fingerprint density at radius 2 is 1.71 bits per heavy atom. The highest BCUT2D eigenvalue weighted by Crippen LogP contribution is 2.31. The molecule has 2 fully saturated rings. The molecule has 1 aliphatic heterocycles. The Balaban J connectivity index is 1.14. The number of anilines is 2. The summed E-state index contributed by atoms with van der Waals surface area (Å²) in [5.41, 5.74) is 5.88. The zero-order chi connectivity index (χ0) is 26.5. The summed E-state index contributed by atoms with van der Waals surface area (Å²) in [5, 5.41) is 16.2. The van der Waals surface area contributed by atoms with Crippen LogP contribution < -0.4 is 15.4 Å². The van der Waals surface area contributed by atoms with Crippen molar-refractivity contribution in [2.75, 3.05) is 23.7 Å². The minimum Gasteiger partial charge on any atom is -0.489 e. The monoisotopic (exact) mass is 511 g/mol. The molecule has 1 saturated heterocycles. The number of amides is 1. The predicted octanol–water partition coefficient (Wildman–Crippen LogP) is 5.84. The van der Waals surface area contributed by atoms with E-state index in [1.54, 1.807) is 12.1 Å². The molecule has 1 heterocycles. The van der Waals surface area contributed by atoms with E-state index in [0.717, 1.165) is 42.0 Å². The van der Waals surface area contributed by atoms with Gasteiger partial charge >= 0.3 is 5.97 Å². The fourth-order valence-electron chi connectivity index (χ4n) is 4.72. The Kier molecular flexibility index (Phi) is 7.63. The molecule has 0 aromatic heterocycles. The highest BCUT2D eigenvalue weighted by Gasteiger charge is 2.27. The van der Waals surface area contributed by atoms with Crippen molar-refractivity contribution in [3.63, 3.8) is 0 Å². The fraction of sp³-hybridized carbons (Fsp3) is 0.290. The van der Waals surface area contributed by atoms with Gasteiger partial charge in [0.2, 0.25) is 5.91 Å². The number of hydrogen-bond acceptors (Lipinski definition) is 5. The van der Waals surface area contributed by atoms with Gasteiger partial charge in [0.1, 0.15) is 17.7 Å². The lowest BCUT2D eigenvalue weighted by atomic mass is 9.92. The molecule has 7 heteroatoms. The third kappa shape index (κ3) is 6.17. The molecule has 0 bridgehead atoms. The summed E-state index contributed by atoms with van der Waals surface area (Å²) in [6.07, 6.45) is 4.41. The molecular formula is C31H33N3O4. The first-order chi connectivity index (χ1) is 18.4. The molecule has 2 aliphatic rings. The van der Waals surface area contributed by atoms with E-state index in [0.29, 0.717) is 25.3 Å². The van der Waals surface area contributed by atoms with Crippen LogP contribution in [-0.2, 0) is 11.2 Å². The molecule has 3 aromatic rings. The van der Waals surface area contributed by atoms with Gasteiger partial charge in [-0.15, -0.1) is 0 Å². The van der Waals surface area contributed by atoms with Crippen LogP contribution in [0.3, 0.4) is 0 Å². The minimum absolute atomic E-state index is 0.0801. The van der Waals surface area contributed by atoms with E-state index in [1.165, 1.54) is 29.7 Å². The number of hydrogen-bond donors (Lipinski definition) is 3. The Morgan fingerprint density at radius 3 is 2.37 bits per heavy atom. The van der Waals surface area contributed by atoms with Crippen LogP contribution in [0, 0.1) is 6.92 Å². The smallest absolute Gasteiger partial charge is 0.335 e. The standard InChI is InChI=1S/C31H33N3O4/c1-21-5-2-3-8-28(21)33-30(23-6-4-7-23)32-25-13-9-22(10-14-25)19-29(35)34-18-17-27(20-34)38-26-15-11-24(12-16-26)31(36)37/h2-3,5,8-16,27,32-33H,4,6-7,17-20H2,1H3,(H,36,37). The second-order valence-corrected chi connectivity index (χ2v) is 9.97. The number of aryl methyl sites for hydroxylation is 1. The van der Waals surface area contributed by atoms with Crippen molar-refractivity contribution in [2.24, 2.45) is 0 Å². The summed E-state index contributed by atoms with van der Waals surface area (Å²) in [7, 11) is 0. The summed E-state index contributed by atoms with van der Waals surface area (Å²) < 4.78 is 5.97. The van der Waals surface area contributed by atoms with Crippen LogP contribution in [0.5, 0.6) is 5.75 Å². The number of carboxylic acid groups (broad SMARTS) is 1. The molecule has 38 heavy (non-hydrogen) atoms. The predicted molar refractivity (Wildman–Crippen MR) is 148 cm³/mol. The van der Waals surface area contributed by atoms with Gasteiger partial charge in [0.05, 0.1) is 18.5 Å². The summed E-state index contributed by atoms with van der Waals surface area (Å²) in [6, 6.07) is 22.7. The van der Waals surface area contributed by atoms with E-state index >= 15 is 0 Å². The Bertz CT molecular complexity index is 1330. The maximum atomic E-state index is 12.9. The molecule has 5 rings (SSSR count). The van der Waals surface area contributed by atoms with Crippen LogP contribution in [0.4, 0.5) is 11.4 Å². The third-order valence-corrected chi connectivity index (χ3v) is 7.20. The lowest BCUT2D eigenvalue weighted by Gasteiger charge is -2.25. The number of benzene rings is 3. The highest BCUT2D eigenvalue weighted by molar-refractivity contribution is 5.87. The minimum atomic E-state index is -0.965. The van der Waals surface area contributed by atoms with E-state index in [-0.39, 0.29) is 17.6 Å². The zero-order valence-corrected chi connectivity index (χ0v) is 21.6. The summed E-state index contributed by atoms with van der Waals surface area (Å²) in [5.74, 6) is 0.782. The van der Waals surface area contributed by atoms with E-state index < -0.39 is 5.97 Å². The first-order valence-electron chi connectivity index (χ1n) is 13.1. The van der Waals surface area contributed by atoms with Crippen molar-refractivity contribution in [2.45, 2.75) is 45.1 Å². The van der Waals surface area contributed by atoms with Gasteiger partial charge in [-0.05, 0) is 85.4 Å². The van der Waals surface area contributed by atoms with Gasteiger partial charge in [0.25, 0.3) is 0 Å². The third-order valence-electron chi connectivity index (χ3n) is 7.20. The molecule has 196 valence electrons. The second kappa shape index (κ2) is 11.4. The molecule has 1 amide bonds. The molecule has 1 unspecified atom stereocenters. The lowest BCUT2D eigenvalue weighted by molar-refractivity contribution is -0.129. The number of aromatic carboxylic acids is 1. The van der Waals surface area contributed by atoms with Gasteiger partial charge in [0, 0.05) is 24.3 Å². The van der Waals surface area contributed by atoms with Crippen molar-refractivity contribution in [3.8, 4) is 5.75 Å². The molecule has 7 nitrogen and oxygen atoms in total. The number of likely N-dealkylation sites (tertiary alicyclic amines) is 1. The Hall–Kier alpha value is -4.26. The summed E-state index contributed by atoms with van der Waals surface area (Å²) in [4.78, 5) is 25.8. The largest absolute Gasteiger partial charge is 0.489 e. The summed E-state index contributed by atoms with van der Waals surface area (Å²) in [6.45, 7) is 3.28. The van der Waals surface area contributed by atoms with E-state index in [2.05, 4.69) is 29.7 Å². The van der Waals surface area contributed by atoms with Crippen molar-refractivity contribution in [3.05, 3.63) is 101 Å². The van der Waals surface area contributed by atoms with Crippen molar-refractivity contribution >= 4 is 23.3 Å². The number of carbonyl (C=O) groups excluding carboxylic acids is 1. The number of ether oxygens (including phenoxy) is 1. The van der Waals surface area contributed by atoms with E-state index in [1.807, 2.05) is 41.3 Å². The number of nitrogens with one attached hydrogen (secondary N) is 2. The lowest BCUT2D eigenvalue weighted by Crippen LogP contribution is -2.32. The zero-order valence-electron chi connectivity index (χ0n) is 21.6. The fourth-order valence-corrected chi connectivity index (χ4v) is 4.72. The van der Waals surface area contributed by atoms with Crippen LogP contribution >= 0.6 is 0 Å². The van der Waals surface area contributed by atoms with E-state index in [9.17, 15) is 9.59 Å². The molecule has 1 atom stereocenters. The molecule has 1 saturated carbocycles. The topological polar surface area (TPSA) is 90.9 Å². The average molecular weight is 512 g/mol. The number of carboxylic acids is 1. The molecule has 0 radical (unpaired) electrons. The van der Waals surface area contributed by atoms with Crippen LogP contribution in [0.2, 0.25) is 0 Å². The van der Waals surface area contributed by atoms with E-state index in [4.69, 9.17) is 9.84 Å². The quantitative estimate of drug-likeness (QED) is 0.335. The Morgan fingerprint density at radius 1 is 0.974 bits per heavy atom. The van der Waals surface area contributed by atoms with Gasteiger partial charge in [-0.25, -0.2) is 4.79 Å².